The lowest BCUT2D eigenvalue weighted by Gasteiger charge is -2.26. The van der Waals surface area contributed by atoms with E-state index in [2.05, 4.69) is 20.3 Å². The number of nitrogens with zero attached hydrogens (tertiary/aromatic N) is 4. The number of anilines is 1. The third kappa shape index (κ3) is 5.10. The van der Waals surface area contributed by atoms with E-state index in [1.165, 1.54) is 6.20 Å². The lowest BCUT2D eigenvalue weighted by molar-refractivity contribution is 0.0684. The van der Waals surface area contributed by atoms with Crippen molar-refractivity contribution >= 4 is 11.7 Å². The van der Waals surface area contributed by atoms with Gasteiger partial charge in [0.1, 0.15) is 11.5 Å². The molecule has 138 valence electrons. The summed E-state index contributed by atoms with van der Waals surface area (Å²) in [6, 6.07) is 13.9. The molecule has 0 saturated heterocycles. The molecule has 0 aliphatic rings. The van der Waals surface area contributed by atoms with Gasteiger partial charge in [0.2, 0.25) is 0 Å². The molecular formula is C21H23N5O. The highest BCUT2D eigenvalue weighted by Gasteiger charge is 2.20. The van der Waals surface area contributed by atoms with Crippen molar-refractivity contribution in [2.75, 3.05) is 5.32 Å². The van der Waals surface area contributed by atoms with Gasteiger partial charge in [-0.15, -0.1) is 0 Å². The SMILES string of the molecule is CC(C)N(Cc1ccccc1)C(=O)c1cnc(NCc2ccncc2)cn1. The minimum atomic E-state index is -0.123. The number of carbonyl (C=O) groups excluding carboxylic acids is 1. The zero-order chi connectivity index (χ0) is 19.1. The predicted octanol–water partition coefficient (Wildman–Crippen LogP) is 3.53. The summed E-state index contributed by atoms with van der Waals surface area (Å²) >= 11 is 0. The Kier molecular flexibility index (Phi) is 6.10. The van der Waals surface area contributed by atoms with Crippen molar-refractivity contribution in [3.63, 3.8) is 0 Å². The summed E-state index contributed by atoms with van der Waals surface area (Å²) in [5, 5.41) is 3.19. The van der Waals surface area contributed by atoms with Crippen LogP contribution in [0.2, 0.25) is 0 Å². The molecule has 0 aliphatic carbocycles. The molecule has 1 aromatic carbocycles. The van der Waals surface area contributed by atoms with Gasteiger partial charge in [0.05, 0.1) is 12.4 Å². The minimum Gasteiger partial charge on any atom is -0.365 e. The molecule has 6 heteroatoms. The van der Waals surface area contributed by atoms with Crippen LogP contribution in [-0.4, -0.2) is 31.8 Å². The van der Waals surface area contributed by atoms with Gasteiger partial charge in [-0.1, -0.05) is 30.3 Å². The lowest BCUT2D eigenvalue weighted by Crippen LogP contribution is -2.36. The van der Waals surface area contributed by atoms with E-state index in [0.29, 0.717) is 24.6 Å². The van der Waals surface area contributed by atoms with Crippen molar-refractivity contribution in [2.45, 2.75) is 33.0 Å². The molecule has 3 aromatic rings. The average molecular weight is 361 g/mol. The smallest absolute Gasteiger partial charge is 0.274 e. The number of rotatable bonds is 7. The molecular weight excluding hydrogens is 338 g/mol. The van der Waals surface area contributed by atoms with Gasteiger partial charge in [0, 0.05) is 31.5 Å². The van der Waals surface area contributed by atoms with Crippen molar-refractivity contribution in [2.24, 2.45) is 0 Å². The Morgan fingerprint density at radius 3 is 2.37 bits per heavy atom. The Morgan fingerprint density at radius 2 is 1.74 bits per heavy atom. The molecule has 2 aromatic heterocycles. The normalized spacial score (nSPS) is 10.6. The summed E-state index contributed by atoms with van der Waals surface area (Å²) in [5.41, 5.74) is 2.53. The summed E-state index contributed by atoms with van der Waals surface area (Å²) in [6.45, 7) is 5.16. The molecule has 1 amide bonds. The van der Waals surface area contributed by atoms with E-state index >= 15 is 0 Å². The molecule has 0 radical (unpaired) electrons. The van der Waals surface area contributed by atoms with Crippen LogP contribution in [0, 0.1) is 0 Å². The molecule has 0 fully saturated rings. The number of nitrogens with one attached hydrogen (secondary N) is 1. The van der Waals surface area contributed by atoms with E-state index in [9.17, 15) is 4.79 Å². The summed E-state index contributed by atoms with van der Waals surface area (Å²) in [6.07, 6.45) is 6.61. The molecule has 0 bridgehead atoms. The van der Waals surface area contributed by atoms with Gasteiger partial charge in [0.25, 0.3) is 5.91 Å². The second-order valence-electron chi connectivity index (χ2n) is 6.51. The van der Waals surface area contributed by atoms with Crippen LogP contribution in [0.3, 0.4) is 0 Å². The second-order valence-corrected chi connectivity index (χ2v) is 6.51. The van der Waals surface area contributed by atoms with Crippen LogP contribution in [-0.2, 0) is 13.1 Å². The summed E-state index contributed by atoms with van der Waals surface area (Å²) in [7, 11) is 0. The molecule has 2 heterocycles. The average Bonchev–Trinajstić information content (AvgIpc) is 2.72. The van der Waals surface area contributed by atoms with E-state index in [-0.39, 0.29) is 11.9 Å². The highest BCUT2D eigenvalue weighted by atomic mass is 16.2. The van der Waals surface area contributed by atoms with Crippen molar-refractivity contribution in [3.05, 3.63) is 84.1 Å². The summed E-state index contributed by atoms with van der Waals surface area (Å²) in [4.78, 5) is 27.3. The number of hydrogen-bond acceptors (Lipinski definition) is 5. The van der Waals surface area contributed by atoms with E-state index in [1.807, 2.05) is 56.3 Å². The number of benzene rings is 1. The van der Waals surface area contributed by atoms with Crippen molar-refractivity contribution in [3.8, 4) is 0 Å². The summed E-state index contributed by atoms with van der Waals surface area (Å²) in [5.74, 6) is 0.504. The van der Waals surface area contributed by atoms with Gasteiger partial charge < -0.3 is 10.2 Å². The lowest BCUT2D eigenvalue weighted by atomic mass is 10.2. The maximum atomic E-state index is 12.9. The van der Waals surface area contributed by atoms with Crippen LogP contribution in [0.25, 0.3) is 0 Å². The van der Waals surface area contributed by atoms with Gasteiger partial charge in [-0.05, 0) is 37.1 Å². The van der Waals surface area contributed by atoms with Crippen molar-refractivity contribution in [1.29, 1.82) is 0 Å². The third-order valence-electron chi connectivity index (χ3n) is 4.17. The van der Waals surface area contributed by atoms with Gasteiger partial charge in [0.15, 0.2) is 0 Å². The topological polar surface area (TPSA) is 71.0 Å². The molecule has 0 atom stereocenters. The largest absolute Gasteiger partial charge is 0.365 e. The molecule has 6 nitrogen and oxygen atoms in total. The first-order valence-corrected chi connectivity index (χ1v) is 8.93. The maximum Gasteiger partial charge on any atom is 0.274 e. The Balaban J connectivity index is 1.66. The highest BCUT2D eigenvalue weighted by Crippen LogP contribution is 2.13. The zero-order valence-electron chi connectivity index (χ0n) is 15.5. The monoisotopic (exact) mass is 361 g/mol. The van der Waals surface area contributed by atoms with E-state index in [4.69, 9.17) is 0 Å². The van der Waals surface area contributed by atoms with Crippen LogP contribution in [0.15, 0.2) is 67.3 Å². The fraction of sp³-hybridized carbons (Fsp3) is 0.238. The molecule has 0 aliphatic heterocycles. The molecule has 1 N–H and O–H groups in total. The van der Waals surface area contributed by atoms with Gasteiger partial charge in [-0.2, -0.15) is 0 Å². The quantitative estimate of drug-likeness (QED) is 0.697. The van der Waals surface area contributed by atoms with Crippen LogP contribution in [0.4, 0.5) is 5.82 Å². The first-order chi connectivity index (χ1) is 13.1. The Morgan fingerprint density at radius 1 is 1.00 bits per heavy atom. The fourth-order valence-electron chi connectivity index (χ4n) is 2.64. The second kappa shape index (κ2) is 8.89. The molecule has 3 rings (SSSR count). The van der Waals surface area contributed by atoms with Gasteiger partial charge in [-0.3, -0.25) is 9.78 Å². The maximum absolute atomic E-state index is 12.9. The fourth-order valence-corrected chi connectivity index (χ4v) is 2.64. The number of pyridine rings is 1. The molecule has 27 heavy (non-hydrogen) atoms. The number of carbonyl (C=O) groups is 1. The Labute approximate surface area is 159 Å². The predicted molar refractivity (Wildman–Crippen MR) is 105 cm³/mol. The van der Waals surface area contributed by atoms with Crippen LogP contribution in [0.1, 0.15) is 35.5 Å². The minimum absolute atomic E-state index is 0.0593. The molecule has 0 unspecified atom stereocenters. The van der Waals surface area contributed by atoms with Crippen LogP contribution < -0.4 is 5.32 Å². The third-order valence-corrected chi connectivity index (χ3v) is 4.17. The number of aromatic nitrogens is 3. The van der Waals surface area contributed by atoms with E-state index < -0.39 is 0 Å². The zero-order valence-corrected chi connectivity index (χ0v) is 15.5. The summed E-state index contributed by atoms with van der Waals surface area (Å²) < 4.78 is 0. The number of amides is 1. The number of hydrogen-bond donors (Lipinski definition) is 1. The first kappa shape index (κ1) is 18.5. The molecule has 0 saturated carbocycles. The standard InChI is InChI=1S/C21H23N5O/c1-16(2)26(15-18-6-4-3-5-7-18)21(27)19-13-25-20(14-23-19)24-12-17-8-10-22-11-9-17/h3-11,13-14,16H,12,15H2,1-2H3,(H,24,25). The first-order valence-electron chi connectivity index (χ1n) is 8.93. The van der Waals surface area contributed by atoms with E-state index in [0.717, 1.165) is 11.1 Å². The van der Waals surface area contributed by atoms with Crippen LogP contribution >= 0.6 is 0 Å². The Hall–Kier alpha value is -3.28. The van der Waals surface area contributed by atoms with Crippen molar-refractivity contribution < 1.29 is 4.79 Å². The van der Waals surface area contributed by atoms with Crippen LogP contribution in [0.5, 0.6) is 0 Å². The van der Waals surface area contributed by atoms with Crippen molar-refractivity contribution in [1.82, 2.24) is 19.9 Å². The Bertz CT molecular complexity index is 851. The highest BCUT2D eigenvalue weighted by molar-refractivity contribution is 5.92. The van der Waals surface area contributed by atoms with Gasteiger partial charge in [-0.25, -0.2) is 9.97 Å². The van der Waals surface area contributed by atoms with E-state index in [1.54, 1.807) is 23.5 Å². The van der Waals surface area contributed by atoms with Gasteiger partial charge >= 0.3 is 0 Å². The molecule has 0 spiro atoms.